The molecule has 1 heterocycles. The van der Waals surface area contributed by atoms with Crippen molar-refractivity contribution in [3.63, 3.8) is 0 Å². The molecule has 0 aromatic carbocycles. The summed E-state index contributed by atoms with van der Waals surface area (Å²) >= 11 is 0. The summed E-state index contributed by atoms with van der Waals surface area (Å²) in [5, 5.41) is 0. The summed E-state index contributed by atoms with van der Waals surface area (Å²) in [6, 6.07) is 0. The Morgan fingerprint density at radius 1 is 1.21 bits per heavy atom. The van der Waals surface area contributed by atoms with Crippen LogP contribution in [0.1, 0.15) is 18.3 Å². The van der Waals surface area contributed by atoms with Gasteiger partial charge in [0.2, 0.25) is 0 Å². The fourth-order valence-electron chi connectivity index (χ4n) is 1.05. The average molecular weight is 205 g/mol. The highest BCUT2D eigenvalue weighted by molar-refractivity contribution is 5.20. The van der Waals surface area contributed by atoms with Crippen LogP contribution in [0.3, 0.4) is 0 Å². The molecule has 1 aromatic heterocycles. The van der Waals surface area contributed by atoms with Crippen LogP contribution in [-0.2, 0) is 5.54 Å². The number of alkyl halides is 3. The quantitative estimate of drug-likeness (QED) is 0.756. The average Bonchev–Trinajstić information content (AvgIpc) is 2.02. The minimum atomic E-state index is -4.53. The number of hydrogen-bond acceptors (Lipinski definition) is 3. The maximum Gasteiger partial charge on any atom is 0.411 e. The fourth-order valence-corrected chi connectivity index (χ4v) is 1.05. The van der Waals surface area contributed by atoms with Gasteiger partial charge in [0.15, 0.2) is 5.54 Å². The SMILES string of the molecule is Cc1nccnc1[C@](C)(N)C(F)(F)F. The predicted molar refractivity (Wildman–Crippen MR) is 44.4 cm³/mol. The summed E-state index contributed by atoms with van der Waals surface area (Å²) in [5.74, 6) is 0. The van der Waals surface area contributed by atoms with E-state index in [-0.39, 0.29) is 11.4 Å². The lowest BCUT2D eigenvalue weighted by Gasteiger charge is -2.27. The first-order valence-corrected chi connectivity index (χ1v) is 3.90. The molecule has 1 atom stereocenters. The Hall–Kier alpha value is -1.17. The minimum Gasteiger partial charge on any atom is -0.313 e. The van der Waals surface area contributed by atoms with Crippen LogP contribution in [0, 0.1) is 6.92 Å². The Bertz CT molecular complexity index is 333. The molecule has 3 nitrogen and oxygen atoms in total. The van der Waals surface area contributed by atoms with Crippen molar-refractivity contribution in [1.29, 1.82) is 0 Å². The molecule has 6 heteroatoms. The normalized spacial score (nSPS) is 16.4. The van der Waals surface area contributed by atoms with Crippen molar-refractivity contribution < 1.29 is 13.2 Å². The number of rotatable bonds is 1. The van der Waals surface area contributed by atoms with Crippen LogP contribution >= 0.6 is 0 Å². The third kappa shape index (κ3) is 1.70. The number of nitrogens with zero attached hydrogens (tertiary/aromatic N) is 2. The Labute approximate surface area is 79.2 Å². The number of halogens is 3. The Kier molecular flexibility index (Phi) is 2.49. The summed E-state index contributed by atoms with van der Waals surface area (Å²) in [6.45, 7) is 2.32. The van der Waals surface area contributed by atoms with E-state index < -0.39 is 11.7 Å². The van der Waals surface area contributed by atoms with E-state index in [4.69, 9.17) is 5.73 Å². The highest BCUT2D eigenvalue weighted by Gasteiger charge is 2.51. The van der Waals surface area contributed by atoms with E-state index in [0.29, 0.717) is 0 Å². The third-order valence-electron chi connectivity index (χ3n) is 1.96. The first-order valence-electron chi connectivity index (χ1n) is 3.90. The first-order chi connectivity index (χ1) is 6.27. The van der Waals surface area contributed by atoms with Crippen LogP contribution < -0.4 is 5.73 Å². The molecule has 0 saturated carbocycles. The van der Waals surface area contributed by atoms with Gasteiger partial charge >= 0.3 is 6.18 Å². The molecule has 14 heavy (non-hydrogen) atoms. The third-order valence-corrected chi connectivity index (χ3v) is 1.96. The van der Waals surface area contributed by atoms with Gasteiger partial charge in [-0.05, 0) is 13.8 Å². The number of aryl methyl sites for hydroxylation is 1. The summed E-state index contributed by atoms with van der Waals surface area (Å²) in [6.07, 6.45) is -2.02. The second-order valence-corrected chi connectivity index (χ2v) is 3.19. The molecule has 0 unspecified atom stereocenters. The Balaban J connectivity index is 3.23. The van der Waals surface area contributed by atoms with Crippen molar-refractivity contribution in [3.8, 4) is 0 Å². The van der Waals surface area contributed by atoms with Crippen LogP contribution in [0.25, 0.3) is 0 Å². The Morgan fingerprint density at radius 3 is 2.14 bits per heavy atom. The number of hydrogen-bond donors (Lipinski definition) is 1. The number of aromatic nitrogens is 2. The van der Waals surface area contributed by atoms with Crippen LogP contribution in [0.5, 0.6) is 0 Å². The zero-order valence-electron chi connectivity index (χ0n) is 7.76. The maximum atomic E-state index is 12.5. The molecular formula is C8H10F3N3. The molecule has 1 aromatic rings. The minimum absolute atomic E-state index is 0.190. The molecule has 78 valence electrons. The fraction of sp³-hybridized carbons (Fsp3) is 0.500. The topological polar surface area (TPSA) is 51.8 Å². The monoisotopic (exact) mass is 205 g/mol. The van der Waals surface area contributed by atoms with Gasteiger partial charge in [-0.1, -0.05) is 0 Å². The predicted octanol–water partition coefficient (Wildman–Crippen LogP) is 1.52. The second-order valence-electron chi connectivity index (χ2n) is 3.19. The van der Waals surface area contributed by atoms with E-state index >= 15 is 0 Å². The molecule has 0 aliphatic heterocycles. The highest BCUT2D eigenvalue weighted by Crippen LogP contribution is 2.35. The lowest BCUT2D eigenvalue weighted by atomic mass is 9.96. The van der Waals surface area contributed by atoms with Gasteiger partial charge in [0.1, 0.15) is 0 Å². The van der Waals surface area contributed by atoms with Crippen LogP contribution in [0.2, 0.25) is 0 Å². The van der Waals surface area contributed by atoms with E-state index in [1.807, 2.05) is 0 Å². The van der Waals surface area contributed by atoms with Gasteiger partial charge < -0.3 is 5.73 Å². The van der Waals surface area contributed by atoms with Gasteiger partial charge in [-0.3, -0.25) is 9.97 Å². The van der Waals surface area contributed by atoms with Crippen molar-refractivity contribution in [2.45, 2.75) is 25.6 Å². The van der Waals surface area contributed by atoms with Gasteiger partial charge in [-0.15, -0.1) is 0 Å². The molecule has 0 amide bonds. The van der Waals surface area contributed by atoms with E-state index in [2.05, 4.69) is 9.97 Å². The summed E-state index contributed by atoms with van der Waals surface area (Å²) in [7, 11) is 0. The van der Waals surface area contributed by atoms with Gasteiger partial charge in [0.25, 0.3) is 0 Å². The van der Waals surface area contributed by atoms with Crippen LogP contribution in [0.15, 0.2) is 12.4 Å². The standard InChI is InChI=1S/C8H10F3N3/c1-5-6(14-4-3-13-5)7(2,12)8(9,10)11/h3-4H,12H2,1-2H3/t7-/m0/s1. The zero-order valence-corrected chi connectivity index (χ0v) is 7.76. The van der Waals surface area contributed by atoms with E-state index in [1.165, 1.54) is 19.3 Å². The smallest absolute Gasteiger partial charge is 0.313 e. The van der Waals surface area contributed by atoms with Crippen molar-refractivity contribution in [1.82, 2.24) is 9.97 Å². The molecule has 0 saturated heterocycles. The van der Waals surface area contributed by atoms with E-state index in [1.54, 1.807) is 0 Å². The van der Waals surface area contributed by atoms with Gasteiger partial charge in [-0.25, -0.2) is 0 Å². The largest absolute Gasteiger partial charge is 0.411 e. The summed E-state index contributed by atoms with van der Waals surface area (Å²) < 4.78 is 37.5. The molecule has 1 rings (SSSR count). The number of nitrogens with two attached hydrogens (primary N) is 1. The van der Waals surface area contributed by atoms with Gasteiger partial charge in [-0.2, -0.15) is 13.2 Å². The maximum absolute atomic E-state index is 12.5. The molecule has 0 fully saturated rings. The van der Waals surface area contributed by atoms with Crippen LogP contribution in [0.4, 0.5) is 13.2 Å². The van der Waals surface area contributed by atoms with Gasteiger partial charge in [0, 0.05) is 12.4 Å². The zero-order chi connectivity index (χ0) is 11.0. The van der Waals surface area contributed by atoms with E-state index in [0.717, 1.165) is 6.92 Å². The molecule has 0 aliphatic rings. The molecule has 2 N–H and O–H groups in total. The van der Waals surface area contributed by atoms with Gasteiger partial charge in [0.05, 0.1) is 11.4 Å². The summed E-state index contributed by atoms with van der Waals surface area (Å²) in [4.78, 5) is 7.33. The van der Waals surface area contributed by atoms with Crippen molar-refractivity contribution in [2.24, 2.45) is 5.73 Å². The van der Waals surface area contributed by atoms with Crippen molar-refractivity contribution >= 4 is 0 Å². The first kappa shape index (κ1) is 10.9. The van der Waals surface area contributed by atoms with Crippen molar-refractivity contribution in [3.05, 3.63) is 23.8 Å². The van der Waals surface area contributed by atoms with Crippen molar-refractivity contribution in [2.75, 3.05) is 0 Å². The van der Waals surface area contributed by atoms with Crippen LogP contribution in [-0.4, -0.2) is 16.1 Å². The Morgan fingerprint density at radius 2 is 1.71 bits per heavy atom. The second kappa shape index (κ2) is 3.20. The molecule has 0 spiro atoms. The molecule has 0 bridgehead atoms. The molecule has 0 radical (unpaired) electrons. The molecular weight excluding hydrogens is 195 g/mol. The lowest BCUT2D eigenvalue weighted by Crippen LogP contribution is -2.48. The lowest BCUT2D eigenvalue weighted by molar-refractivity contribution is -0.185. The molecule has 0 aliphatic carbocycles. The summed E-state index contributed by atoms with van der Waals surface area (Å²) in [5.41, 5.74) is 2.68. The highest BCUT2D eigenvalue weighted by atomic mass is 19.4. The van der Waals surface area contributed by atoms with E-state index in [9.17, 15) is 13.2 Å².